The standard InChI is InChI=1S/C10H11O3/c1-7(12)10-4-3-9(13-2)5-8(10)6-11/h3-5,11H,1,6H2,2H3. The topological polar surface area (TPSA) is 46.5 Å². The number of carbonyl (C=O) groups is 1. The van der Waals surface area contributed by atoms with Gasteiger partial charge in [0.05, 0.1) is 13.7 Å². The molecule has 0 aliphatic rings. The highest BCUT2D eigenvalue weighted by molar-refractivity contribution is 6.00. The Morgan fingerprint density at radius 2 is 2.31 bits per heavy atom. The van der Waals surface area contributed by atoms with Crippen molar-refractivity contribution in [2.24, 2.45) is 0 Å². The predicted molar refractivity (Wildman–Crippen MR) is 48.6 cm³/mol. The van der Waals surface area contributed by atoms with E-state index in [9.17, 15) is 4.79 Å². The highest BCUT2D eigenvalue weighted by Crippen LogP contribution is 2.17. The van der Waals surface area contributed by atoms with Crippen LogP contribution >= 0.6 is 0 Å². The molecule has 0 bridgehead atoms. The zero-order chi connectivity index (χ0) is 9.84. The molecule has 69 valence electrons. The first-order valence-corrected chi connectivity index (χ1v) is 3.83. The number of ketones is 1. The van der Waals surface area contributed by atoms with E-state index in [-0.39, 0.29) is 12.4 Å². The first-order chi connectivity index (χ1) is 6.19. The zero-order valence-electron chi connectivity index (χ0n) is 7.41. The van der Waals surface area contributed by atoms with E-state index in [1.807, 2.05) is 0 Å². The lowest BCUT2D eigenvalue weighted by molar-refractivity contribution is 0.104. The molecule has 1 rings (SSSR count). The van der Waals surface area contributed by atoms with Crippen LogP contribution in [0, 0.1) is 6.92 Å². The van der Waals surface area contributed by atoms with Crippen molar-refractivity contribution < 1.29 is 14.6 Å². The summed E-state index contributed by atoms with van der Waals surface area (Å²) in [7, 11) is 1.53. The molecule has 0 aliphatic carbocycles. The summed E-state index contributed by atoms with van der Waals surface area (Å²) in [5, 5.41) is 8.95. The third kappa shape index (κ3) is 2.06. The van der Waals surface area contributed by atoms with Gasteiger partial charge in [0.2, 0.25) is 0 Å². The molecule has 13 heavy (non-hydrogen) atoms. The van der Waals surface area contributed by atoms with E-state index in [0.717, 1.165) is 0 Å². The molecule has 0 heterocycles. The van der Waals surface area contributed by atoms with Crippen LogP contribution < -0.4 is 4.74 Å². The first kappa shape index (κ1) is 9.74. The highest BCUT2D eigenvalue weighted by Gasteiger charge is 2.07. The van der Waals surface area contributed by atoms with Gasteiger partial charge in [-0.05, 0) is 23.8 Å². The maximum absolute atomic E-state index is 11.0. The molecule has 0 atom stereocenters. The fraction of sp³-hybridized carbons (Fsp3) is 0.200. The van der Waals surface area contributed by atoms with Gasteiger partial charge in [0.1, 0.15) is 5.75 Å². The van der Waals surface area contributed by atoms with E-state index in [1.54, 1.807) is 18.2 Å². The van der Waals surface area contributed by atoms with Gasteiger partial charge in [0, 0.05) is 12.5 Å². The summed E-state index contributed by atoms with van der Waals surface area (Å²) in [5.41, 5.74) is 0.975. The van der Waals surface area contributed by atoms with E-state index in [0.29, 0.717) is 16.9 Å². The summed E-state index contributed by atoms with van der Waals surface area (Å²) < 4.78 is 4.95. The van der Waals surface area contributed by atoms with Gasteiger partial charge >= 0.3 is 0 Å². The van der Waals surface area contributed by atoms with Crippen molar-refractivity contribution in [1.29, 1.82) is 0 Å². The van der Waals surface area contributed by atoms with Crippen molar-refractivity contribution >= 4 is 5.78 Å². The van der Waals surface area contributed by atoms with Crippen LogP contribution in [0.3, 0.4) is 0 Å². The van der Waals surface area contributed by atoms with Crippen molar-refractivity contribution in [3.8, 4) is 5.75 Å². The number of aliphatic hydroxyl groups excluding tert-OH is 1. The summed E-state index contributed by atoms with van der Waals surface area (Å²) in [4.78, 5) is 11.0. The lowest BCUT2D eigenvalue weighted by Crippen LogP contribution is -2.00. The smallest absolute Gasteiger partial charge is 0.163 e. The molecule has 0 unspecified atom stereocenters. The Hall–Kier alpha value is -1.35. The largest absolute Gasteiger partial charge is 0.497 e. The number of methoxy groups -OCH3 is 1. The molecule has 0 aliphatic heterocycles. The van der Waals surface area contributed by atoms with Crippen LogP contribution in [0.15, 0.2) is 18.2 Å². The Labute approximate surface area is 77.0 Å². The van der Waals surface area contributed by atoms with Crippen molar-refractivity contribution in [2.75, 3.05) is 7.11 Å². The van der Waals surface area contributed by atoms with Gasteiger partial charge in [-0.3, -0.25) is 4.79 Å². The van der Waals surface area contributed by atoms with Crippen molar-refractivity contribution in [2.45, 2.75) is 6.61 Å². The number of ether oxygens (including phenoxy) is 1. The number of benzene rings is 1. The van der Waals surface area contributed by atoms with Crippen molar-refractivity contribution in [1.82, 2.24) is 0 Å². The second-order valence-corrected chi connectivity index (χ2v) is 2.60. The quantitative estimate of drug-likeness (QED) is 0.709. The van der Waals surface area contributed by atoms with Gasteiger partial charge in [-0.25, -0.2) is 0 Å². The number of carbonyl (C=O) groups excluding carboxylic acids is 1. The minimum Gasteiger partial charge on any atom is -0.497 e. The molecule has 0 fully saturated rings. The summed E-state index contributed by atoms with van der Waals surface area (Å²) in [6.45, 7) is 3.10. The maximum Gasteiger partial charge on any atom is 0.163 e. The predicted octanol–water partition coefficient (Wildman–Crippen LogP) is 1.20. The van der Waals surface area contributed by atoms with E-state index in [1.165, 1.54) is 7.11 Å². The van der Waals surface area contributed by atoms with E-state index < -0.39 is 0 Å². The molecule has 0 spiro atoms. The summed E-state index contributed by atoms with van der Waals surface area (Å²) in [5.74, 6) is 0.320. The lowest BCUT2D eigenvalue weighted by Gasteiger charge is -2.06. The van der Waals surface area contributed by atoms with Crippen LogP contribution in [-0.2, 0) is 6.61 Å². The molecule has 1 aromatic rings. The monoisotopic (exact) mass is 179 g/mol. The average molecular weight is 179 g/mol. The minimum atomic E-state index is -0.299. The Morgan fingerprint density at radius 3 is 2.77 bits per heavy atom. The van der Waals surface area contributed by atoms with Gasteiger partial charge in [-0.1, -0.05) is 0 Å². The van der Waals surface area contributed by atoms with Gasteiger partial charge in [-0.15, -0.1) is 0 Å². The van der Waals surface area contributed by atoms with Crippen LogP contribution in [0.25, 0.3) is 0 Å². The van der Waals surface area contributed by atoms with Gasteiger partial charge < -0.3 is 9.84 Å². The average Bonchev–Trinajstić information content (AvgIpc) is 2.16. The van der Waals surface area contributed by atoms with Crippen LogP contribution in [0.2, 0.25) is 0 Å². The van der Waals surface area contributed by atoms with E-state index in [2.05, 4.69) is 6.92 Å². The zero-order valence-corrected chi connectivity index (χ0v) is 7.41. The van der Waals surface area contributed by atoms with E-state index in [4.69, 9.17) is 9.84 Å². The number of rotatable bonds is 3. The third-order valence-corrected chi connectivity index (χ3v) is 1.78. The molecule has 1 N–H and O–H groups in total. The SMILES string of the molecule is [CH2]C(=O)c1ccc(OC)cc1CO. The lowest BCUT2D eigenvalue weighted by atomic mass is 10.0. The first-order valence-electron chi connectivity index (χ1n) is 3.83. The van der Waals surface area contributed by atoms with Crippen LogP contribution in [0.4, 0.5) is 0 Å². The molecule has 0 aromatic heterocycles. The summed E-state index contributed by atoms with van der Waals surface area (Å²) >= 11 is 0. The van der Waals surface area contributed by atoms with Crippen molar-refractivity contribution in [3.63, 3.8) is 0 Å². The second-order valence-electron chi connectivity index (χ2n) is 2.60. The Balaban J connectivity index is 3.15. The van der Waals surface area contributed by atoms with Crippen LogP contribution in [0.5, 0.6) is 5.75 Å². The highest BCUT2D eigenvalue weighted by atomic mass is 16.5. The second kappa shape index (κ2) is 4.05. The van der Waals surface area contributed by atoms with Gasteiger partial charge in [-0.2, -0.15) is 0 Å². The third-order valence-electron chi connectivity index (χ3n) is 1.78. The number of aliphatic hydroxyl groups is 1. The molecular weight excluding hydrogens is 168 g/mol. The molecule has 0 amide bonds. The van der Waals surface area contributed by atoms with Crippen molar-refractivity contribution in [3.05, 3.63) is 36.2 Å². The Bertz CT molecular complexity index is 318. The van der Waals surface area contributed by atoms with Gasteiger partial charge in [0.15, 0.2) is 5.78 Å². The summed E-state index contributed by atoms with van der Waals surface area (Å²) in [6, 6.07) is 4.88. The fourth-order valence-electron chi connectivity index (χ4n) is 1.10. The summed E-state index contributed by atoms with van der Waals surface area (Å²) in [6.07, 6.45) is 0. The Morgan fingerprint density at radius 1 is 1.62 bits per heavy atom. The molecule has 3 nitrogen and oxygen atoms in total. The molecule has 1 radical (unpaired) electrons. The molecule has 3 heteroatoms. The minimum absolute atomic E-state index is 0.187. The fourth-order valence-corrected chi connectivity index (χ4v) is 1.10. The van der Waals surface area contributed by atoms with E-state index >= 15 is 0 Å². The normalized spacial score (nSPS) is 9.77. The Kier molecular flexibility index (Phi) is 3.03. The number of hydrogen-bond acceptors (Lipinski definition) is 3. The molecule has 0 saturated carbocycles. The number of Topliss-reactive ketones (excluding diaryl/α,β-unsaturated/α-hetero) is 1. The molecular formula is C10H11O3. The van der Waals surface area contributed by atoms with Crippen LogP contribution in [-0.4, -0.2) is 18.0 Å². The molecule has 1 aromatic carbocycles. The number of hydrogen-bond donors (Lipinski definition) is 1. The molecule has 0 saturated heterocycles. The van der Waals surface area contributed by atoms with Gasteiger partial charge in [0.25, 0.3) is 0 Å². The van der Waals surface area contributed by atoms with Crippen LogP contribution in [0.1, 0.15) is 15.9 Å². The maximum atomic E-state index is 11.0.